The molecule has 2 heterocycles. The van der Waals surface area contributed by atoms with Gasteiger partial charge in [-0.2, -0.15) is 5.26 Å². The molecule has 0 aromatic heterocycles. The van der Waals surface area contributed by atoms with Crippen LogP contribution in [-0.2, 0) is 20.7 Å². The number of amides is 1. The molecule has 0 saturated carbocycles. The number of anilines is 1. The molecule has 34 heavy (non-hydrogen) atoms. The Balaban J connectivity index is 0.000000970. The molecule has 9 heteroatoms. The first-order chi connectivity index (χ1) is 16.5. The Labute approximate surface area is 211 Å². The van der Waals surface area contributed by atoms with Crippen LogP contribution in [0.1, 0.15) is 38.8 Å². The Morgan fingerprint density at radius 1 is 1.06 bits per heavy atom. The molecule has 0 spiro atoms. The zero-order valence-corrected chi connectivity index (χ0v) is 21.4. The van der Waals surface area contributed by atoms with Crippen molar-refractivity contribution in [2.75, 3.05) is 24.7 Å². The third kappa shape index (κ3) is 7.18. The van der Waals surface area contributed by atoms with E-state index in [0.29, 0.717) is 46.9 Å². The summed E-state index contributed by atoms with van der Waals surface area (Å²) in [4.78, 5) is 19.2. The van der Waals surface area contributed by atoms with Crippen molar-refractivity contribution >= 4 is 40.8 Å². The number of guanidine groups is 1. The van der Waals surface area contributed by atoms with E-state index >= 15 is 0 Å². The van der Waals surface area contributed by atoms with Gasteiger partial charge in [0.15, 0.2) is 6.29 Å². The van der Waals surface area contributed by atoms with Crippen LogP contribution in [0.4, 0.5) is 5.69 Å². The number of nitrogens with zero attached hydrogens (tertiary/aromatic N) is 3. The second kappa shape index (κ2) is 13.9. The molecule has 1 unspecified atom stereocenters. The van der Waals surface area contributed by atoms with Crippen molar-refractivity contribution in [2.45, 2.75) is 46.4 Å². The minimum Gasteiger partial charge on any atom is -0.348 e. The normalized spacial score (nSPS) is 18.5. The highest BCUT2D eigenvalue weighted by Gasteiger charge is 2.38. The van der Waals surface area contributed by atoms with Crippen LogP contribution in [0, 0.1) is 11.3 Å². The number of ether oxygens (including phenoxy) is 2. The van der Waals surface area contributed by atoms with Crippen LogP contribution < -0.4 is 10.2 Å². The monoisotopic (exact) mass is 504 g/mol. The first kappa shape index (κ1) is 27.6. The molecule has 2 aromatic carbocycles. The van der Waals surface area contributed by atoms with Crippen LogP contribution in [0.5, 0.6) is 0 Å². The number of aliphatic imine (C=N–C) groups is 1. The maximum Gasteiger partial charge on any atom is 0.256 e. The van der Waals surface area contributed by atoms with Crippen LogP contribution >= 0.6 is 23.2 Å². The first-order valence-corrected chi connectivity index (χ1v) is 12.1. The van der Waals surface area contributed by atoms with Crippen molar-refractivity contribution in [3.8, 4) is 6.07 Å². The van der Waals surface area contributed by atoms with E-state index in [9.17, 15) is 4.79 Å². The summed E-state index contributed by atoms with van der Waals surface area (Å²) in [5, 5.41) is 13.0. The lowest BCUT2D eigenvalue weighted by Gasteiger charge is -2.17. The fraction of sp³-hybridized carbons (Fsp3) is 0.400. The average molecular weight is 505 g/mol. The van der Waals surface area contributed by atoms with E-state index in [-0.39, 0.29) is 12.5 Å². The van der Waals surface area contributed by atoms with Gasteiger partial charge in [0.1, 0.15) is 6.04 Å². The number of carbonyl (C=O) groups is 1. The van der Waals surface area contributed by atoms with Crippen LogP contribution in [0.2, 0.25) is 10.0 Å². The van der Waals surface area contributed by atoms with Gasteiger partial charge in [-0.25, -0.2) is 9.89 Å². The van der Waals surface area contributed by atoms with Gasteiger partial charge in [0.05, 0.1) is 37.1 Å². The lowest BCUT2D eigenvalue weighted by molar-refractivity contribution is -0.118. The standard InChI is InChI=1S/C21H18Cl2N4O3.2C2H6/c22-15-8-16(23)10-17(9-15)27-20(28)18(7-13-1-3-14(11-24)4-2-13)26-21(27)25-12-19-29-5-6-30-19;2*1-2/h1-4,8-10,18-19H,5-7,12H2,(H,25,26);2*1-2H3. The molecule has 2 fully saturated rings. The number of rotatable bonds is 5. The Hall–Kier alpha value is -2.63. The van der Waals surface area contributed by atoms with E-state index in [1.54, 1.807) is 30.3 Å². The summed E-state index contributed by atoms with van der Waals surface area (Å²) < 4.78 is 10.9. The van der Waals surface area contributed by atoms with Crippen molar-refractivity contribution in [1.29, 1.82) is 5.26 Å². The third-order valence-corrected chi connectivity index (χ3v) is 5.18. The van der Waals surface area contributed by atoms with E-state index in [1.807, 2.05) is 39.8 Å². The van der Waals surface area contributed by atoms with Crippen molar-refractivity contribution in [1.82, 2.24) is 5.32 Å². The number of nitrogens with one attached hydrogen (secondary N) is 1. The van der Waals surface area contributed by atoms with Gasteiger partial charge >= 0.3 is 0 Å². The van der Waals surface area contributed by atoms with Gasteiger partial charge in [-0.3, -0.25) is 4.79 Å². The molecule has 2 saturated heterocycles. The Morgan fingerprint density at radius 2 is 1.65 bits per heavy atom. The smallest absolute Gasteiger partial charge is 0.256 e. The molecule has 2 aliphatic rings. The molecule has 0 bridgehead atoms. The van der Waals surface area contributed by atoms with E-state index in [2.05, 4.69) is 16.4 Å². The van der Waals surface area contributed by atoms with Gasteiger partial charge in [-0.1, -0.05) is 63.0 Å². The van der Waals surface area contributed by atoms with E-state index in [1.165, 1.54) is 4.90 Å². The zero-order chi connectivity index (χ0) is 25.1. The molecule has 182 valence electrons. The summed E-state index contributed by atoms with van der Waals surface area (Å²) in [7, 11) is 0. The van der Waals surface area contributed by atoms with Crippen LogP contribution in [-0.4, -0.2) is 44.0 Å². The lowest BCUT2D eigenvalue weighted by atomic mass is 10.0. The van der Waals surface area contributed by atoms with Crippen molar-refractivity contribution in [3.05, 3.63) is 63.6 Å². The third-order valence-electron chi connectivity index (χ3n) is 4.74. The lowest BCUT2D eigenvalue weighted by Crippen LogP contribution is -2.33. The van der Waals surface area contributed by atoms with Gasteiger partial charge in [-0.15, -0.1) is 0 Å². The summed E-state index contributed by atoms with van der Waals surface area (Å²) in [6.45, 7) is 9.30. The number of hydrogen-bond donors (Lipinski definition) is 1. The summed E-state index contributed by atoms with van der Waals surface area (Å²) in [5.41, 5.74) is 2.02. The molecule has 1 amide bonds. The fourth-order valence-electron chi connectivity index (χ4n) is 3.34. The minimum atomic E-state index is -0.528. The zero-order valence-electron chi connectivity index (χ0n) is 19.8. The quantitative estimate of drug-likeness (QED) is 0.604. The highest BCUT2D eigenvalue weighted by atomic mass is 35.5. The van der Waals surface area contributed by atoms with Gasteiger partial charge in [0.2, 0.25) is 5.96 Å². The van der Waals surface area contributed by atoms with E-state index in [0.717, 1.165) is 5.56 Å². The van der Waals surface area contributed by atoms with Crippen LogP contribution in [0.3, 0.4) is 0 Å². The number of halogens is 2. The summed E-state index contributed by atoms with van der Waals surface area (Å²) in [6, 6.07) is 13.6. The second-order valence-corrected chi connectivity index (χ2v) is 7.72. The molecule has 0 radical (unpaired) electrons. The van der Waals surface area contributed by atoms with Crippen molar-refractivity contribution in [2.24, 2.45) is 4.99 Å². The molecular formula is C25H30Cl2N4O3. The maximum atomic E-state index is 13.2. The van der Waals surface area contributed by atoms with Crippen LogP contribution in [0.15, 0.2) is 47.5 Å². The number of carbonyl (C=O) groups excluding carboxylic acids is 1. The van der Waals surface area contributed by atoms with Crippen molar-refractivity contribution < 1.29 is 14.3 Å². The van der Waals surface area contributed by atoms with E-state index < -0.39 is 12.3 Å². The molecule has 4 rings (SSSR count). The van der Waals surface area contributed by atoms with Gasteiger partial charge in [-0.05, 0) is 35.9 Å². The molecule has 1 N–H and O–H groups in total. The van der Waals surface area contributed by atoms with Gasteiger partial charge in [0.25, 0.3) is 5.91 Å². The topological polar surface area (TPSA) is 86.9 Å². The highest BCUT2D eigenvalue weighted by molar-refractivity contribution is 6.35. The predicted molar refractivity (Wildman–Crippen MR) is 136 cm³/mol. The fourth-order valence-corrected chi connectivity index (χ4v) is 3.85. The van der Waals surface area contributed by atoms with Gasteiger partial charge < -0.3 is 14.8 Å². The second-order valence-electron chi connectivity index (χ2n) is 6.85. The SMILES string of the molecule is CC.CC.N#Cc1ccc(CC2NC(=NCC3OCCO3)N(c3cc(Cl)cc(Cl)c3)C2=O)cc1. The highest BCUT2D eigenvalue weighted by Crippen LogP contribution is 2.28. The number of nitriles is 1. The molecule has 7 nitrogen and oxygen atoms in total. The number of hydrogen-bond acceptors (Lipinski definition) is 5. The summed E-state index contributed by atoms with van der Waals surface area (Å²) >= 11 is 12.3. The molecule has 2 aromatic rings. The maximum absolute atomic E-state index is 13.2. The summed E-state index contributed by atoms with van der Waals surface area (Å²) in [5.74, 6) is 0.209. The molecule has 2 aliphatic heterocycles. The van der Waals surface area contributed by atoms with Gasteiger partial charge in [0, 0.05) is 16.5 Å². The average Bonchev–Trinajstić information content (AvgIpc) is 3.48. The Morgan fingerprint density at radius 3 is 2.21 bits per heavy atom. The Kier molecular flexibility index (Phi) is 11.3. The summed E-state index contributed by atoms with van der Waals surface area (Å²) in [6.07, 6.45) is 0.00177. The largest absolute Gasteiger partial charge is 0.348 e. The predicted octanol–water partition coefficient (Wildman–Crippen LogP) is 5.19. The molecule has 1 atom stereocenters. The van der Waals surface area contributed by atoms with Crippen LogP contribution in [0.25, 0.3) is 0 Å². The number of benzene rings is 2. The molecular weight excluding hydrogens is 475 g/mol. The van der Waals surface area contributed by atoms with E-state index in [4.69, 9.17) is 37.9 Å². The molecule has 0 aliphatic carbocycles. The van der Waals surface area contributed by atoms with Crippen molar-refractivity contribution in [3.63, 3.8) is 0 Å². The minimum absolute atomic E-state index is 0.176. The first-order valence-electron chi connectivity index (χ1n) is 11.4. The Bertz CT molecular complexity index is 996.